The highest BCUT2D eigenvalue weighted by atomic mass is 16.5. The number of pyridine rings is 1. The van der Waals surface area contributed by atoms with E-state index in [4.69, 9.17) is 4.74 Å². The Hall–Kier alpha value is -1.25. The second-order valence-electron chi connectivity index (χ2n) is 3.01. The number of hydrogen-bond donors (Lipinski definition) is 1. The summed E-state index contributed by atoms with van der Waals surface area (Å²) < 4.78 is 4.95. The minimum Gasteiger partial charge on any atom is -0.481 e. The Morgan fingerprint density at radius 3 is 2.83 bits per heavy atom. The molecule has 0 saturated heterocycles. The van der Waals surface area contributed by atoms with Gasteiger partial charge in [-0.05, 0) is 18.9 Å². The fraction of sp³-hybridized carbons (Fsp3) is 0.444. The van der Waals surface area contributed by atoms with Gasteiger partial charge >= 0.3 is 0 Å². The first-order chi connectivity index (χ1) is 5.88. The molecule has 64 valence electrons. The molecule has 1 saturated carbocycles. The Kier molecular flexibility index (Phi) is 1.86. The van der Waals surface area contributed by atoms with Crippen LogP contribution < -0.4 is 10.1 Å². The highest BCUT2D eigenvalue weighted by molar-refractivity contribution is 5.43. The summed E-state index contributed by atoms with van der Waals surface area (Å²) in [5.74, 6) is 0.663. The summed E-state index contributed by atoms with van der Waals surface area (Å²) in [6.07, 6.45) is 4.37. The van der Waals surface area contributed by atoms with Gasteiger partial charge in [0.1, 0.15) is 0 Å². The van der Waals surface area contributed by atoms with Crippen molar-refractivity contribution in [2.45, 2.75) is 18.9 Å². The maximum absolute atomic E-state index is 4.95. The molecule has 3 nitrogen and oxygen atoms in total. The van der Waals surface area contributed by atoms with Crippen molar-refractivity contribution in [2.75, 3.05) is 12.4 Å². The zero-order valence-corrected chi connectivity index (χ0v) is 7.08. The normalized spacial score (nSPS) is 15.8. The standard InChI is InChI=1S/C9H12N2O/c1-12-9-5-4-8(6-10-9)11-7-2-3-7/h4-7,11H,2-3H2,1H3. The minimum absolute atomic E-state index is 0.663. The summed E-state index contributed by atoms with van der Waals surface area (Å²) in [6.45, 7) is 0. The van der Waals surface area contributed by atoms with Gasteiger partial charge in [-0.1, -0.05) is 0 Å². The first kappa shape index (κ1) is 7.40. The zero-order chi connectivity index (χ0) is 8.39. The van der Waals surface area contributed by atoms with Gasteiger partial charge in [-0.2, -0.15) is 0 Å². The van der Waals surface area contributed by atoms with E-state index in [1.807, 2.05) is 12.1 Å². The molecule has 0 radical (unpaired) electrons. The second kappa shape index (κ2) is 3.01. The minimum atomic E-state index is 0.663. The number of ether oxygens (including phenoxy) is 1. The van der Waals surface area contributed by atoms with Crippen LogP contribution in [-0.4, -0.2) is 18.1 Å². The van der Waals surface area contributed by atoms with Crippen LogP contribution in [-0.2, 0) is 0 Å². The molecule has 0 aromatic carbocycles. The number of hydrogen-bond acceptors (Lipinski definition) is 3. The topological polar surface area (TPSA) is 34.1 Å². The number of nitrogens with one attached hydrogen (secondary N) is 1. The average molecular weight is 164 g/mol. The summed E-state index contributed by atoms with van der Waals surface area (Å²) in [4.78, 5) is 4.09. The van der Waals surface area contributed by atoms with Gasteiger partial charge in [0.25, 0.3) is 0 Å². The molecule has 1 fully saturated rings. The summed E-state index contributed by atoms with van der Waals surface area (Å²) in [5.41, 5.74) is 1.08. The summed E-state index contributed by atoms with van der Waals surface area (Å²) in [7, 11) is 1.62. The Balaban J connectivity index is 2.02. The molecule has 1 N–H and O–H groups in total. The predicted molar refractivity (Wildman–Crippen MR) is 47.4 cm³/mol. The molecular formula is C9H12N2O. The predicted octanol–water partition coefficient (Wildman–Crippen LogP) is 1.66. The molecule has 12 heavy (non-hydrogen) atoms. The van der Waals surface area contributed by atoms with Crippen molar-refractivity contribution in [1.29, 1.82) is 0 Å². The van der Waals surface area contributed by atoms with Crippen molar-refractivity contribution in [2.24, 2.45) is 0 Å². The fourth-order valence-corrected chi connectivity index (χ4v) is 1.05. The van der Waals surface area contributed by atoms with Crippen LogP contribution in [0, 0.1) is 0 Å². The number of methoxy groups -OCH3 is 1. The van der Waals surface area contributed by atoms with Gasteiger partial charge in [0, 0.05) is 12.1 Å². The molecule has 3 heteroatoms. The van der Waals surface area contributed by atoms with E-state index in [0.717, 1.165) is 5.69 Å². The first-order valence-corrected chi connectivity index (χ1v) is 4.15. The third kappa shape index (κ3) is 1.67. The maximum atomic E-state index is 4.95. The van der Waals surface area contributed by atoms with Crippen LogP contribution in [0.3, 0.4) is 0 Å². The van der Waals surface area contributed by atoms with E-state index in [1.54, 1.807) is 13.3 Å². The van der Waals surface area contributed by atoms with Crippen LogP contribution >= 0.6 is 0 Å². The van der Waals surface area contributed by atoms with Crippen molar-refractivity contribution in [3.05, 3.63) is 18.3 Å². The van der Waals surface area contributed by atoms with Gasteiger partial charge in [-0.25, -0.2) is 4.98 Å². The molecule has 0 atom stereocenters. The molecule has 1 heterocycles. The largest absolute Gasteiger partial charge is 0.481 e. The van der Waals surface area contributed by atoms with Crippen molar-refractivity contribution in [1.82, 2.24) is 4.98 Å². The van der Waals surface area contributed by atoms with Crippen LogP contribution in [0.15, 0.2) is 18.3 Å². The average Bonchev–Trinajstić information content (AvgIpc) is 2.90. The van der Waals surface area contributed by atoms with Gasteiger partial charge in [0.05, 0.1) is 19.0 Å². The first-order valence-electron chi connectivity index (χ1n) is 4.15. The van der Waals surface area contributed by atoms with Crippen LogP contribution in [0.4, 0.5) is 5.69 Å². The summed E-state index contributed by atoms with van der Waals surface area (Å²) in [6, 6.07) is 4.54. The lowest BCUT2D eigenvalue weighted by atomic mass is 10.4. The molecule has 0 amide bonds. The Labute approximate surface area is 71.8 Å². The van der Waals surface area contributed by atoms with Crippen molar-refractivity contribution < 1.29 is 4.74 Å². The SMILES string of the molecule is COc1ccc(NC2CC2)cn1. The van der Waals surface area contributed by atoms with E-state index in [2.05, 4.69) is 10.3 Å². The fourth-order valence-electron chi connectivity index (χ4n) is 1.05. The van der Waals surface area contributed by atoms with Crippen LogP contribution in [0.1, 0.15) is 12.8 Å². The maximum Gasteiger partial charge on any atom is 0.213 e. The monoisotopic (exact) mass is 164 g/mol. The van der Waals surface area contributed by atoms with Gasteiger partial charge in [-0.15, -0.1) is 0 Å². The third-order valence-corrected chi connectivity index (χ3v) is 1.89. The van der Waals surface area contributed by atoms with E-state index >= 15 is 0 Å². The lowest BCUT2D eigenvalue weighted by molar-refractivity contribution is 0.398. The van der Waals surface area contributed by atoms with Crippen LogP contribution in [0.2, 0.25) is 0 Å². The van der Waals surface area contributed by atoms with Gasteiger partial charge in [0.15, 0.2) is 0 Å². The van der Waals surface area contributed by atoms with E-state index in [0.29, 0.717) is 11.9 Å². The highest BCUT2D eigenvalue weighted by Gasteiger charge is 2.20. The summed E-state index contributed by atoms with van der Waals surface area (Å²) in [5, 5.41) is 3.35. The third-order valence-electron chi connectivity index (χ3n) is 1.89. The second-order valence-corrected chi connectivity index (χ2v) is 3.01. The molecule has 1 aromatic rings. The van der Waals surface area contributed by atoms with Gasteiger partial charge in [-0.3, -0.25) is 0 Å². The lowest BCUT2D eigenvalue weighted by Gasteiger charge is -2.03. The summed E-state index contributed by atoms with van der Waals surface area (Å²) >= 11 is 0. The Morgan fingerprint density at radius 2 is 2.33 bits per heavy atom. The molecule has 1 aromatic heterocycles. The zero-order valence-electron chi connectivity index (χ0n) is 7.08. The lowest BCUT2D eigenvalue weighted by Crippen LogP contribution is -2.00. The molecule has 0 bridgehead atoms. The van der Waals surface area contributed by atoms with Crippen LogP contribution in [0.25, 0.3) is 0 Å². The van der Waals surface area contributed by atoms with Crippen molar-refractivity contribution in [3.63, 3.8) is 0 Å². The molecule has 1 aliphatic rings. The quantitative estimate of drug-likeness (QED) is 0.737. The molecular weight excluding hydrogens is 152 g/mol. The Morgan fingerprint density at radius 1 is 1.50 bits per heavy atom. The van der Waals surface area contributed by atoms with E-state index in [9.17, 15) is 0 Å². The number of anilines is 1. The van der Waals surface area contributed by atoms with Crippen LogP contribution in [0.5, 0.6) is 5.88 Å². The Bertz CT molecular complexity index is 254. The van der Waals surface area contributed by atoms with Crippen molar-refractivity contribution in [3.8, 4) is 5.88 Å². The number of rotatable bonds is 3. The highest BCUT2D eigenvalue weighted by Crippen LogP contribution is 2.24. The molecule has 0 spiro atoms. The van der Waals surface area contributed by atoms with E-state index < -0.39 is 0 Å². The van der Waals surface area contributed by atoms with E-state index in [-0.39, 0.29) is 0 Å². The van der Waals surface area contributed by atoms with Gasteiger partial charge in [0.2, 0.25) is 5.88 Å². The molecule has 0 aliphatic heterocycles. The number of aromatic nitrogens is 1. The smallest absolute Gasteiger partial charge is 0.213 e. The molecule has 1 aliphatic carbocycles. The molecule has 0 unspecified atom stereocenters. The van der Waals surface area contributed by atoms with Gasteiger partial charge < -0.3 is 10.1 Å². The molecule has 2 rings (SSSR count). The van der Waals surface area contributed by atoms with Crippen molar-refractivity contribution >= 4 is 5.69 Å². The number of nitrogens with zero attached hydrogens (tertiary/aromatic N) is 1. The van der Waals surface area contributed by atoms with E-state index in [1.165, 1.54) is 12.8 Å².